The van der Waals surface area contributed by atoms with Gasteiger partial charge in [0.15, 0.2) is 0 Å². The molecule has 0 bridgehead atoms. The molecule has 0 amide bonds. The number of fused-ring (bicyclic) bond motifs is 22. The van der Waals surface area contributed by atoms with Gasteiger partial charge in [-0.25, -0.2) is 0 Å². The maximum atomic E-state index is 7.36. The van der Waals surface area contributed by atoms with E-state index in [4.69, 9.17) is 8.83 Å². The fourth-order valence-corrected chi connectivity index (χ4v) is 23.8. The van der Waals surface area contributed by atoms with Crippen LogP contribution >= 0.6 is 22.7 Å². The molecule has 25 rings (SSSR count). The van der Waals surface area contributed by atoms with Gasteiger partial charge >= 0.3 is 0 Å². The van der Waals surface area contributed by atoms with E-state index in [0.29, 0.717) is 0 Å². The fraction of sp³-hybridized carbons (Fsp3) is 0.105. The quantitative estimate of drug-likeness (QED) is 0.142. The van der Waals surface area contributed by atoms with Crippen molar-refractivity contribution in [2.24, 2.45) is 0 Å². The first-order valence-electron chi connectivity index (χ1n) is 43.0. The number of anilines is 6. The third kappa shape index (κ3) is 10.6. The van der Waals surface area contributed by atoms with Crippen LogP contribution in [-0.4, -0.2) is 15.8 Å². The van der Waals surface area contributed by atoms with Gasteiger partial charge in [0.1, 0.15) is 22.3 Å². The molecule has 9 heteroatoms. The van der Waals surface area contributed by atoms with Gasteiger partial charge in [-0.15, -0.1) is 22.7 Å². The first-order chi connectivity index (χ1) is 59.9. The van der Waals surface area contributed by atoms with Crippen molar-refractivity contribution < 1.29 is 8.83 Å². The zero-order valence-corrected chi connectivity index (χ0v) is 71.5. The van der Waals surface area contributed by atoms with Gasteiger partial charge in [0, 0.05) is 140 Å². The Morgan fingerprint density at radius 3 is 1.00 bits per heavy atom. The maximum absolute atomic E-state index is 7.36. The van der Waals surface area contributed by atoms with Crippen LogP contribution in [0.2, 0.25) is 0 Å². The first kappa shape index (κ1) is 71.9. The number of rotatable bonds is 8. The number of aromatic nitrogens is 2. The van der Waals surface area contributed by atoms with Crippen molar-refractivity contribution in [2.75, 3.05) is 9.80 Å². The molecule has 0 spiro atoms. The van der Waals surface area contributed by atoms with Crippen LogP contribution in [0, 0.1) is 0 Å². The Kier molecular flexibility index (Phi) is 15.4. The first-order valence-corrected chi connectivity index (χ1v) is 44.6. The summed E-state index contributed by atoms with van der Waals surface area (Å²) in [5, 5.41) is 14.2. The third-order valence-electron chi connectivity index (χ3n) is 26.7. The summed E-state index contributed by atoms with van der Waals surface area (Å²) in [4.78, 5) is 5.54. The van der Waals surface area contributed by atoms with Crippen molar-refractivity contribution in [3.63, 3.8) is 0 Å². The van der Waals surface area contributed by atoms with Gasteiger partial charge in [0.25, 0.3) is 6.71 Å². The highest BCUT2D eigenvalue weighted by atomic mass is 32.1. The second-order valence-electron chi connectivity index (χ2n) is 37.0. The van der Waals surface area contributed by atoms with Gasteiger partial charge in [-0.3, -0.25) is 0 Å². The second-order valence-corrected chi connectivity index (χ2v) is 39.1. The van der Waals surface area contributed by atoms with E-state index in [1.54, 1.807) is 0 Å². The van der Waals surface area contributed by atoms with Crippen LogP contribution in [0.15, 0.2) is 349 Å². The van der Waals surface area contributed by atoms with Crippen LogP contribution < -0.4 is 26.2 Å². The number of thiophene rings is 2. The highest BCUT2D eigenvalue weighted by Gasteiger charge is 2.47. The largest absolute Gasteiger partial charge is 0.455 e. The molecular formula is C114H83BN4O2S2. The molecule has 2 aliphatic rings. The number of para-hydroxylation sites is 8. The smallest absolute Gasteiger partial charge is 0.252 e. The predicted octanol–water partition coefficient (Wildman–Crippen LogP) is 31.1. The summed E-state index contributed by atoms with van der Waals surface area (Å²) in [7, 11) is 0. The molecule has 6 nitrogen and oxygen atoms in total. The molecule has 17 aromatic carbocycles. The summed E-state index contributed by atoms with van der Waals surface area (Å²) in [5.74, 6) is 0. The Bertz CT molecular complexity index is 7880. The van der Waals surface area contributed by atoms with Crippen LogP contribution in [0.25, 0.3) is 184 Å². The van der Waals surface area contributed by atoms with Crippen molar-refractivity contribution in [3.05, 3.63) is 356 Å². The molecule has 123 heavy (non-hydrogen) atoms. The molecule has 0 fully saturated rings. The second kappa shape index (κ2) is 26.3. The Morgan fingerprint density at radius 2 is 0.618 bits per heavy atom. The number of hydrogen-bond donors (Lipinski definition) is 0. The van der Waals surface area contributed by atoms with Crippen molar-refractivity contribution >= 4 is 208 Å². The number of hydrogen-bond acceptors (Lipinski definition) is 6. The maximum Gasteiger partial charge on any atom is 0.252 e. The van der Waals surface area contributed by atoms with E-state index in [2.05, 4.69) is 421 Å². The van der Waals surface area contributed by atoms with Gasteiger partial charge in [-0.2, -0.15) is 0 Å². The van der Waals surface area contributed by atoms with E-state index < -0.39 is 5.41 Å². The van der Waals surface area contributed by atoms with E-state index in [1.807, 2.05) is 22.7 Å². The molecule has 0 saturated carbocycles. The lowest BCUT2D eigenvalue weighted by Gasteiger charge is -2.46. The summed E-state index contributed by atoms with van der Waals surface area (Å²) >= 11 is 3.84. The molecule has 586 valence electrons. The molecule has 0 N–H and O–H groups in total. The highest BCUT2D eigenvalue weighted by Crippen LogP contribution is 2.60. The summed E-state index contributed by atoms with van der Waals surface area (Å²) in [6.07, 6.45) is 0. The molecule has 2 aliphatic heterocycles. The zero-order valence-electron chi connectivity index (χ0n) is 69.8. The van der Waals surface area contributed by atoms with Crippen LogP contribution in [0.4, 0.5) is 34.1 Å². The number of nitrogens with zero attached hydrogens (tertiary/aromatic N) is 4. The van der Waals surface area contributed by atoms with Crippen molar-refractivity contribution in [3.8, 4) is 55.9 Å². The Hall–Kier alpha value is -14.0. The molecule has 0 aliphatic carbocycles. The number of furan rings is 2. The van der Waals surface area contributed by atoms with Gasteiger partial charge < -0.3 is 27.8 Å². The Morgan fingerprint density at radius 1 is 0.276 bits per heavy atom. The van der Waals surface area contributed by atoms with Gasteiger partial charge in [-0.05, 0) is 181 Å². The lowest BCUT2D eigenvalue weighted by Crippen LogP contribution is -2.61. The van der Waals surface area contributed by atoms with Crippen LogP contribution in [0.3, 0.4) is 0 Å². The normalized spacial score (nSPS) is 13.2. The molecular weight excluding hydrogens is 1530 g/mol. The van der Waals surface area contributed by atoms with Crippen molar-refractivity contribution in [2.45, 2.75) is 78.6 Å². The molecule has 8 heterocycles. The SMILES string of the molecule is CC(C)(C)c1cc2c3c(c1)N(c1c(-c4cccc5c4oc4ccccc45)cc(C(C)(C)C)c4sc5ccccc5c14)c1cc(-c4ccc(-n5c6ccccc6c6ccccc65)cc4)ccc1B3c1ccc(-c3ccc(-n4c5ccccc5c5ccccc54)cc3)cc1N2c1c(-c2cccc3c2oc2ccccc23)cc(C(C)(C)C)c2sc3ccccc3c12. The highest BCUT2D eigenvalue weighted by molar-refractivity contribution is 7.26. The molecule has 0 unspecified atom stereocenters. The van der Waals surface area contributed by atoms with Crippen molar-refractivity contribution in [1.82, 2.24) is 9.13 Å². The van der Waals surface area contributed by atoms with Crippen LogP contribution in [-0.2, 0) is 16.2 Å². The zero-order chi connectivity index (χ0) is 82.4. The summed E-state index contributed by atoms with van der Waals surface area (Å²) in [5.41, 5.74) is 32.4. The minimum atomic E-state index is -0.398. The standard InChI is InChI=1S/C114H83BN4O2S2/c1-112(2,3)70-62-97-105-98(63-70)119(107-86(82-39-27-37-80-78-33-15-23-45-100(78)121-109(80)82)65-88(114(7,8)9)111-104(107)84-35-17-25-47-102(84)123-111)96-61-69(67-50-56-72(57-51-67)117-93-42-20-12-30-75(93)76-31-13-21-43-94(76)117)53-59-90(96)115(105)89-58-52-68(66-48-54-71(55-49-66)116-91-40-18-10-28-73(91)74-29-11-19-41-92(74)116)60-95(89)118(97)106-85(81-38-26-36-79-77-32-14-22-44-99(77)120-108(79)81)64-87(113(4,5)6)110-103(106)83-34-16-24-46-101(83)122-110/h10-65H,1-9H3. The van der Waals surface area contributed by atoms with Gasteiger partial charge in [0.2, 0.25) is 0 Å². The number of benzene rings is 17. The van der Waals surface area contributed by atoms with Gasteiger partial charge in [-0.1, -0.05) is 293 Å². The molecule has 0 atom stereocenters. The van der Waals surface area contributed by atoms with Crippen LogP contribution in [0.5, 0.6) is 0 Å². The lowest BCUT2D eigenvalue weighted by molar-refractivity contribution is 0.590. The third-order valence-corrected chi connectivity index (χ3v) is 29.1. The van der Waals surface area contributed by atoms with Crippen molar-refractivity contribution in [1.29, 1.82) is 0 Å². The molecule has 0 radical (unpaired) electrons. The van der Waals surface area contributed by atoms with Crippen LogP contribution in [0.1, 0.15) is 79.0 Å². The summed E-state index contributed by atoms with van der Waals surface area (Å²) in [6.45, 7) is 21.3. The minimum absolute atomic E-state index is 0.287. The molecule has 6 aromatic heterocycles. The average Bonchev–Trinajstić information content (AvgIpc) is 1.49. The van der Waals surface area contributed by atoms with E-state index in [0.717, 1.165) is 134 Å². The summed E-state index contributed by atoms with van der Waals surface area (Å²) < 4.78 is 24.6. The minimum Gasteiger partial charge on any atom is -0.455 e. The monoisotopic (exact) mass is 1610 g/mol. The Labute approximate surface area is 721 Å². The summed E-state index contributed by atoms with van der Waals surface area (Å²) in [6, 6.07) is 129. The molecule has 0 saturated heterocycles. The fourth-order valence-electron chi connectivity index (χ4n) is 20.9. The molecule has 23 aromatic rings. The van der Waals surface area contributed by atoms with E-state index in [-0.39, 0.29) is 17.5 Å². The van der Waals surface area contributed by atoms with Gasteiger partial charge in [0.05, 0.1) is 33.4 Å². The average molecular weight is 1620 g/mol. The lowest BCUT2D eigenvalue weighted by atomic mass is 9.33. The van der Waals surface area contributed by atoms with E-state index in [9.17, 15) is 0 Å². The predicted molar refractivity (Wildman–Crippen MR) is 527 cm³/mol. The van der Waals surface area contributed by atoms with E-state index >= 15 is 0 Å². The van der Waals surface area contributed by atoms with E-state index in [1.165, 1.54) is 117 Å². The topological polar surface area (TPSA) is 42.6 Å². The Balaban J connectivity index is 0.825.